The van der Waals surface area contributed by atoms with Gasteiger partial charge in [0.2, 0.25) is 0 Å². The molecule has 0 aliphatic carbocycles. The first-order valence-corrected chi connectivity index (χ1v) is 12.1. The molecule has 0 saturated carbocycles. The number of carbonyl (C=O) groups excluding carboxylic acids is 1. The molecule has 4 N–H and O–H groups in total. The maximum atomic E-state index is 14.7. The van der Waals surface area contributed by atoms with Gasteiger partial charge in [-0.2, -0.15) is 5.10 Å². The fraction of sp³-hybridized carbons (Fsp3) is 0.292. The van der Waals surface area contributed by atoms with Gasteiger partial charge in [0.05, 0.1) is 24.1 Å². The van der Waals surface area contributed by atoms with Crippen LogP contribution >= 0.6 is 11.3 Å². The van der Waals surface area contributed by atoms with E-state index in [0.717, 1.165) is 30.6 Å². The Balaban J connectivity index is 1.30. The number of nitrogens with two attached hydrogens (primary N) is 1. The van der Waals surface area contributed by atoms with E-state index in [2.05, 4.69) is 26.8 Å². The molecule has 2 aliphatic heterocycles. The number of amides is 1. The molecule has 4 heterocycles. The predicted octanol–water partition coefficient (Wildman–Crippen LogP) is 3.37. The molecule has 2 aliphatic rings. The highest BCUT2D eigenvalue weighted by atomic mass is 32.1. The molecule has 0 unspecified atom stereocenters. The number of hydrogen-bond acceptors (Lipinski definition) is 7. The summed E-state index contributed by atoms with van der Waals surface area (Å²) in [5, 5.41) is 13.0. The highest BCUT2D eigenvalue weighted by molar-refractivity contribution is 7.13. The minimum absolute atomic E-state index is 0.0134. The average molecular weight is 480 g/mol. The zero-order chi connectivity index (χ0) is 23.5. The molecule has 0 spiro atoms. The Hall–Kier alpha value is -3.50. The third kappa shape index (κ3) is 4.87. The van der Waals surface area contributed by atoms with E-state index in [4.69, 9.17) is 5.73 Å². The summed E-state index contributed by atoms with van der Waals surface area (Å²) in [4.78, 5) is 19.4. The highest BCUT2D eigenvalue weighted by Crippen LogP contribution is 2.32. The van der Waals surface area contributed by atoms with Gasteiger partial charge >= 0.3 is 0 Å². The van der Waals surface area contributed by atoms with E-state index < -0.39 is 0 Å². The van der Waals surface area contributed by atoms with Gasteiger partial charge in [-0.25, -0.2) is 9.37 Å². The molecule has 2 aromatic heterocycles. The van der Waals surface area contributed by atoms with Crippen LogP contribution in [0.25, 0.3) is 10.6 Å². The van der Waals surface area contributed by atoms with Crippen LogP contribution in [0.2, 0.25) is 0 Å². The monoisotopic (exact) mass is 479 g/mol. The number of allylic oxidation sites excluding steroid dienone is 3. The lowest BCUT2D eigenvalue weighted by Crippen LogP contribution is -2.43. The second kappa shape index (κ2) is 9.78. The van der Waals surface area contributed by atoms with Crippen LogP contribution in [-0.2, 0) is 6.54 Å². The van der Waals surface area contributed by atoms with Crippen LogP contribution in [0.4, 0.5) is 15.8 Å². The number of dihydropyridines is 1. The minimum Gasteiger partial charge on any atom is -0.383 e. The van der Waals surface area contributed by atoms with Crippen molar-refractivity contribution >= 4 is 28.6 Å². The Morgan fingerprint density at radius 2 is 2.29 bits per heavy atom. The Labute approximate surface area is 201 Å². The number of rotatable bonds is 6. The number of benzene rings is 1. The summed E-state index contributed by atoms with van der Waals surface area (Å²) in [6.45, 7) is 2.69. The summed E-state index contributed by atoms with van der Waals surface area (Å²) in [6, 6.07) is 4.68. The lowest BCUT2D eigenvalue weighted by atomic mass is 10.1. The average Bonchev–Trinajstić information content (AvgIpc) is 3.50. The minimum atomic E-state index is -0.383. The van der Waals surface area contributed by atoms with Crippen molar-refractivity contribution in [3.05, 3.63) is 71.4 Å². The number of anilines is 2. The molecule has 176 valence electrons. The van der Waals surface area contributed by atoms with E-state index >= 15 is 0 Å². The number of nitrogens with one attached hydrogen (secondary N) is 2. The SMILES string of the molecule is N[C@@H]1CCCN(c2c(F)cccc2NC(=O)c2csc(-c3cnn(CC4=CC=CCN4)c3)n2)C1. The fourth-order valence-electron chi connectivity index (χ4n) is 4.19. The van der Waals surface area contributed by atoms with Crippen molar-refractivity contribution in [2.75, 3.05) is 29.9 Å². The zero-order valence-electron chi connectivity index (χ0n) is 18.6. The van der Waals surface area contributed by atoms with Crippen molar-refractivity contribution in [3.8, 4) is 10.6 Å². The van der Waals surface area contributed by atoms with Gasteiger partial charge in [-0.3, -0.25) is 9.48 Å². The molecule has 1 atom stereocenters. The van der Waals surface area contributed by atoms with E-state index in [1.165, 1.54) is 17.4 Å². The van der Waals surface area contributed by atoms with Gasteiger partial charge in [-0.05, 0) is 31.1 Å². The van der Waals surface area contributed by atoms with Crippen LogP contribution in [0.15, 0.2) is 59.9 Å². The quantitative estimate of drug-likeness (QED) is 0.501. The number of nitrogens with zero attached hydrogens (tertiary/aromatic N) is 4. The molecule has 3 aromatic rings. The molecule has 1 aromatic carbocycles. The van der Waals surface area contributed by atoms with Crippen LogP contribution in [0.3, 0.4) is 0 Å². The number of piperidine rings is 1. The lowest BCUT2D eigenvalue weighted by molar-refractivity contribution is 0.102. The first-order chi connectivity index (χ1) is 16.6. The van der Waals surface area contributed by atoms with E-state index in [1.807, 2.05) is 27.9 Å². The van der Waals surface area contributed by atoms with Crippen molar-refractivity contribution in [1.29, 1.82) is 0 Å². The molecule has 34 heavy (non-hydrogen) atoms. The maximum absolute atomic E-state index is 14.7. The fourth-order valence-corrected chi connectivity index (χ4v) is 4.97. The second-order valence-electron chi connectivity index (χ2n) is 8.40. The first kappa shape index (κ1) is 22.3. The van der Waals surface area contributed by atoms with Gasteiger partial charge in [0, 0.05) is 48.5 Å². The molecular formula is C24H26FN7OS. The van der Waals surface area contributed by atoms with Gasteiger partial charge in [0.1, 0.15) is 16.5 Å². The molecule has 1 fully saturated rings. The zero-order valence-corrected chi connectivity index (χ0v) is 19.4. The van der Waals surface area contributed by atoms with Crippen molar-refractivity contribution in [2.45, 2.75) is 25.4 Å². The lowest BCUT2D eigenvalue weighted by Gasteiger charge is -2.34. The van der Waals surface area contributed by atoms with E-state index in [0.29, 0.717) is 36.0 Å². The number of aromatic nitrogens is 3. The summed E-state index contributed by atoms with van der Waals surface area (Å²) in [5.74, 6) is -0.761. The smallest absolute Gasteiger partial charge is 0.275 e. The van der Waals surface area contributed by atoms with Crippen LogP contribution in [0, 0.1) is 5.82 Å². The highest BCUT2D eigenvalue weighted by Gasteiger charge is 2.24. The summed E-state index contributed by atoms with van der Waals surface area (Å²) < 4.78 is 16.6. The van der Waals surface area contributed by atoms with Crippen LogP contribution in [0.5, 0.6) is 0 Å². The number of carbonyl (C=O) groups is 1. The summed E-state index contributed by atoms with van der Waals surface area (Å²) in [6.07, 6.45) is 11.5. The largest absolute Gasteiger partial charge is 0.383 e. The molecule has 8 nitrogen and oxygen atoms in total. The Morgan fingerprint density at radius 3 is 3.12 bits per heavy atom. The Morgan fingerprint density at radius 1 is 1.38 bits per heavy atom. The first-order valence-electron chi connectivity index (χ1n) is 11.2. The normalized spacial score (nSPS) is 17.9. The second-order valence-corrected chi connectivity index (χ2v) is 9.26. The number of thiazole rings is 1. The Bertz CT molecular complexity index is 1250. The number of halogens is 1. The molecule has 10 heteroatoms. The third-order valence-corrected chi connectivity index (χ3v) is 6.73. The third-order valence-electron chi connectivity index (χ3n) is 5.84. The number of para-hydroxylation sites is 1. The topological polar surface area (TPSA) is 101 Å². The van der Waals surface area contributed by atoms with Gasteiger partial charge in [0.15, 0.2) is 0 Å². The molecule has 1 saturated heterocycles. The van der Waals surface area contributed by atoms with Crippen molar-refractivity contribution in [1.82, 2.24) is 20.1 Å². The number of hydrogen-bond donors (Lipinski definition) is 3. The Kier molecular flexibility index (Phi) is 6.41. The molecular weight excluding hydrogens is 453 g/mol. The van der Waals surface area contributed by atoms with E-state index in [-0.39, 0.29) is 23.5 Å². The van der Waals surface area contributed by atoms with Crippen molar-refractivity contribution < 1.29 is 9.18 Å². The van der Waals surface area contributed by atoms with Crippen LogP contribution in [-0.4, -0.2) is 46.3 Å². The summed E-state index contributed by atoms with van der Waals surface area (Å²) in [5.41, 5.74) is 9.08. The van der Waals surface area contributed by atoms with Crippen LogP contribution in [0.1, 0.15) is 23.3 Å². The predicted molar refractivity (Wildman–Crippen MR) is 132 cm³/mol. The van der Waals surface area contributed by atoms with Crippen LogP contribution < -0.4 is 21.3 Å². The standard InChI is InChI=1S/C24H26FN7OS/c25-19-7-3-8-20(22(19)31-10-4-5-17(26)13-31)29-23(33)21-15-34-24(30-21)16-11-28-32(12-16)14-18-6-1-2-9-27-18/h1-3,6-8,11-12,15,17,27H,4-5,9-10,13-14,26H2,(H,29,33)/t17-/m1/s1. The molecule has 5 rings (SSSR count). The molecule has 0 bridgehead atoms. The maximum Gasteiger partial charge on any atom is 0.275 e. The summed E-state index contributed by atoms with van der Waals surface area (Å²) in [7, 11) is 0. The molecule has 1 amide bonds. The van der Waals surface area contributed by atoms with Crippen molar-refractivity contribution in [2.24, 2.45) is 5.73 Å². The molecule has 0 radical (unpaired) electrons. The van der Waals surface area contributed by atoms with E-state index in [9.17, 15) is 9.18 Å². The van der Waals surface area contributed by atoms with Gasteiger partial charge in [-0.15, -0.1) is 11.3 Å². The van der Waals surface area contributed by atoms with Gasteiger partial charge in [-0.1, -0.05) is 18.2 Å². The van der Waals surface area contributed by atoms with Gasteiger partial charge < -0.3 is 21.3 Å². The van der Waals surface area contributed by atoms with Crippen molar-refractivity contribution in [3.63, 3.8) is 0 Å². The van der Waals surface area contributed by atoms with E-state index in [1.54, 1.807) is 23.7 Å². The summed E-state index contributed by atoms with van der Waals surface area (Å²) >= 11 is 1.37. The van der Waals surface area contributed by atoms with Gasteiger partial charge in [0.25, 0.3) is 5.91 Å².